The molecule has 0 saturated heterocycles. The van der Waals surface area contributed by atoms with Crippen molar-refractivity contribution in [3.63, 3.8) is 0 Å². The first kappa shape index (κ1) is 14.5. The molecule has 1 aliphatic heterocycles. The van der Waals surface area contributed by atoms with Crippen LogP contribution in [-0.4, -0.2) is 17.3 Å². The minimum absolute atomic E-state index is 0.227. The third-order valence-corrected chi connectivity index (χ3v) is 4.86. The molecule has 4 rings (SSSR count). The number of hydrogen-bond acceptors (Lipinski definition) is 5. The van der Waals surface area contributed by atoms with Crippen molar-refractivity contribution in [1.82, 2.24) is 4.57 Å². The normalized spacial score (nSPS) is 13.2. The van der Waals surface area contributed by atoms with Crippen molar-refractivity contribution in [2.24, 2.45) is 12.0 Å². The summed E-state index contributed by atoms with van der Waals surface area (Å²) >= 11 is 1.41. The standard InChI is InChI=1S/C17H11N3O3S/c1-20-12-6-13-14(23-9-22-13)7-15(12)24-17(20)19-16(21)11-4-2-10(8-18)3-5-11/h2-7H,9H2,1H3. The minimum Gasteiger partial charge on any atom is -0.454 e. The molecule has 118 valence electrons. The van der Waals surface area contributed by atoms with Gasteiger partial charge < -0.3 is 14.0 Å². The van der Waals surface area contributed by atoms with Crippen molar-refractivity contribution in [2.45, 2.75) is 0 Å². The number of aromatic nitrogens is 1. The number of nitrogens with zero attached hydrogens (tertiary/aromatic N) is 3. The van der Waals surface area contributed by atoms with Crippen molar-refractivity contribution < 1.29 is 14.3 Å². The Bertz CT molecular complexity index is 1070. The molecule has 2 aromatic carbocycles. The van der Waals surface area contributed by atoms with Crippen LogP contribution in [-0.2, 0) is 7.05 Å². The second-order valence-electron chi connectivity index (χ2n) is 5.22. The Morgan fingerprint density at radius 2 is 1.96 bits per heavy atom. The number of carbonyl (C=O) groups is 1. The molecule has 1 aliphatic rings. The van der Waals surface area contributed by atoms with E-state index >= 15 is 0 Å². The van der Waals surface area contributed by atoms with E-state index in [0.717, 1.165) is 10.2 Å². The van der Waals surface area contributed by atoms with Crippen LogP contribution in [0.3, 0.4) is 0 Å². The fraction of sp³-hybridized carbons (Fsp3) is 0.118. The second kappa shape index (κ2) is 5.51. The van der Waals surface area contributed by atoms with E-state index in [1.807, 2.05) is 29.8 Å². The van der Waals surface area contributed by atoms with Gasteiger partial charge in [0.2, 0.25) is 6.79 Å². The molecular formula is C17H11N3O3S. The van der Waals surface area contributed by atoms with E-state index in [1.165, 1.54) is 11.3 Å². The highest BCUT2D eigenvalue weighted by atomic mass is 32.1. The number of carbonyl (C=O) groups excluding carboxylic acids is 1. The quantitative estimate of drug-likeness (QED) is 0.684. The van der Waals surface area contributed by atoms with Crippen LogP contribution < -0.4 is 14.3 Å². The lowest BCUT2D eigenvalue weighted by molar-refractivity contribution is 0.0998. The molecule has 0 unspecified atom stereocenters. The smallest absolute Gasteiger partial charge is 0.279 e. The third-order valence-electron chi connectivity index (χ3n) is 3.76. The highest BCUT2D eigenvalue weighted by molar-refractivity contribution is 7.16. The summed E-state index contributed by atoms with van der Waals surface area (Å²) in [4.78, 5) is 17.1. The molecule has 1 aromatic heterocycles. The highest BCUT2D eigenvalue weighted by Gasteiger charge is 2.17. The van der Waals surface area contributed by atoms with Gasteiger partial charge in [0, 0.05) is 24.7 Å². The molecule has 3 aromatic rings. The summed E-state index contributed by atoms with van der Waals surface area (Å²) in [5.41, 5.74) is 1.88. The number of amides is 1. The lowest BCUT2D eigenvalue weighted by Crippen LogP contribution is -2.13. The van der Waals surface area contributed by atoms with E-state index in [1.54, 1.807) is 24.3 Å². The summed E-state index contributed by atoms with van der Waals surface area (Å²) in [6.07, 6.45) is 0. The molecule has 1 amide bonds. The van der Waals surface area contributed by atoms with Crippen LogP contribution >= 0.6 is 11.3 Å². The maximum atomic E-state index is 12.3. The van der Waals surface area contributed by atoms with Crippen LogP contribution in [0.1, 0.15) is 15.9 Å². The maximum Gasteiger partial charge on any atom is 0.279 e. The summed E-state index contributed by atoms with van der Waals surface area (Å²) in [6, 6.07) is 12.2. The Labute approximate surface area is 140 Å². The molecular weight excluding hydrogens is 326 g/mol. The van der Waals surface area contributed by atoms with E-state index in [4.69, 9.17) is 14.7 Å². The monoisotopic (exact) mass is 337 g/mol. The van der Waals surface area contributed by atoms with E-state index in [-0.39, 0.29) is 12.7 Å². The summed E-state index contributed by atoms with van der Waals surface area (Å²) < 4.78 is 13.6. The summed E-state index contributed by atoms with van der Waals surface area (Å²) in [5, 5.41) is 8.81. The van der Waals surface area contributed by atoms with Gasteiger partial charge in [-0.2, -0.15) is 10.3 Å². The second-order valence-corrected chi connectivity index (χ2v) is 6.23. The van der Waals surface area contributed by atoms with Crippen molar-refractivity contribution in [3.05, 3.63) is 52.3 Å². The number of thiazole rings is 1. The average Bonchev–Trinajstić information content (AvgIpc) is 3.18. The lowest BCUT2D eigenvalue weighted by atomic mass is 10.1. The molecule has 0 aliphatic carbocycles. The van der Waals surface area contributed by atoms with E-state index in [9.17, 15) is 4.79 Å². The van der Waals surface area contributed by atoms with Crippen LogP contribution in [0.2, 0.25) is 0 Å². The molecule has 0 bridgehead atoms. The van der Waals surface area contributed by atoms with Crippen molar-refractivity contribution >= 4 is 27.5 Å². The number of fused-ring (bicyclic) bond motifs is 2. The summed E-state index contributed by atoms with van der Waals surface area (Å²) in [6.45, 7) is 0.227. The van der Waals surface area contributed by atoms with Gasteiger partial charge in [-0.1, -0.05) is 11.3 Å². The van der Waals surface area contributed by atoms with Crippen LogP contribution in [0.5, 0.6) is 11.5 Å². The van der Waals surface area contributed by atoms with Crippen molar-refractivity contribution in [1.29, 1.82) is 5.26 Å². The number of rotatable bonds is 1. The number of aryl methyl sites for hydroxylation is 1. The average molecular weight is 337 g/mol. The van der Waals surface area contributed by atoms with Gasteiger partial charge in [-0.15, -0.1) is 0 Å². The first-order valence-corrected chi connectivity index (χ1v) is 7.96. The Kier molecular flexibility index (Phi) is 3.32. The Balaban J connectivity index is 1.77. The zero-order chi connectivity index (χ0) is 16.7. The van der Waals surface area contributed by atoms with Crippen molar-refractivity contribution in [2.75, 3.05) is 6.79 Å². The van der Waals surface area contributed by atoms with Gasteiger partial charge >= 0.3 is 0 Å². The lowest BCUT2D eigenvalue weighted by Gasteiger charge is -1.98. The minimum atomic E-state index is -0.346. The van der Waals surface area contributed by atoms with E-state index in [2.05, 4.69) is 4.99 Å². The molecule has 0 atom stereocenters. The number of hydrogen-bond donors (Lipinski definition) is 0. The van der Waals surface area contributed by atoms with Gasteiger partial charge in [0.25, 0.3) is 5.91 Å². The van der Waals surface area contributed by atoms with Crippen LogP contribution in [0.4, 0.5) is 0 Å². The SMILES string of the molecule is Cn1c(=NC(=O)c2ccc(C#N)cc2)sc2cc3c(cc21)OCO3. The van der Waals surface area contributed by atoms with E-state index in [0.29, 0.717) is 27.4 Å². The third kappa shape index (κ3) is 2.33. The Hall–Kier alpha value is -3.11. The zero-order valence-electron chi connectivity index (χ0n) is 12.6. The molecule has 0 N–H and O–H groups in total. The molecule has 0 saturated carbocycles. The Morgan fingerprint density at radius 3 is 2.67 bits per heavy atom. The largest absolute Gasteiger partial charge is 0.454 e. The molecule has 7 heteroatoms. The van der Waals surface area contributed by atoms with Gasteiger partial charge in [-0.25, -0.2) is 0 Å². The first-order valence-electron chi connectivity index (χ1n) is 7.14. The molecule has 24 heavy (non-hydrogen) atoms. The molecule has 0 radical (unpaired) electrons. The summed E-state index contributed by atoms with van der Waals surface area (Å²) in [7, 11) is 1.85. The first-order chi connectivity index (χ1) is 11.7. The maximum absolute atomic E-state index is 12.3. The number of ether oxygens (including phenoxy) is 2. The van der Waals surface area contributed by atoms with Crippen LogP contribution in [0, 0.1) is 11.3 Å². The number of nitriles is 1. The number of benzene rings is 2. The van der Waals surface area contributed by atoms with Gasteiger partial charge in [0.05, 0.1) is 21.8 Å². The molecule has 2 heterocycles. The van der Waals surface area contributed by atoms with Crippen molar-refractivity contribution in [3.8, 4) is 17.6 Å². The zero-order valence-corrected chi connectivity index (χ0v) is 13.5. The topological polar surface area (TPSA) is 76.6 Å². The van der Waals surface area contributed by atoms with Crippen LogP contribution in [0.25, 0.3) is 10.2 Å². The van der Waals surface area contributed by atoms with E-state index < -0.39 is 0 Å². The summed E-state index contributed by atoms with van der Waals surface area (Å²) in [5.74, 6) is 1.05. The fourth-order valence-electron chi connectivity index (χ4n) is 2.46. The van der Waals surface area contributed by atoms with Crippen LogP contribution in [0.15, 0.2) is 41.4 Å². The molecule has 6 nitrogen and oxygen atoms in total. The Morgan fingerprint density at radius 1 is 1.25 bits per heavy atom. The molecule has 0 spiro atoms. The predicted molar refractivity (Wildman–Crippen MR) is 88.0 cm³/mol. The predicted octanol–water partition coefficient (Wildman–Crippen LogP) is 2.58. The highest BCUT2D eigenvalue weighted by Crippen LogP contribution is 2.36. The molecule has 0 fully saturated rings. The van der Waals surface area contributed by atoms with Gasteiger partial charge in [0.15, 0.2) is 16.3 Å². The van der Waals surface area contributed by atoms with Gasteiger partial charge in [-0.3, -0.25) is 4.79 Å². The van der Waals surface area contributed by atoms with Gasteiger partial charge in [0.1, 0.15) is 0 Å². The fourth-order valence-corrected chi connectivity index (χ4v) is 3.49. The van der Waals surface area contributed by atoms with Gasteiger partial charge in [-0.05, 0) is 24.3 Å².